The maximum absolute atomic E-state index is 12.8. The monoisotopic (exact) mass is 252 g/mol. The van der Waals surface area contributed by atoms with Gasteiger partial charge in [0.05, 0.1) is 0 Å². The molecule has 88 valence electrons. The summed E-state index contributed by atoms with van der Waals surface area (Å²) >= 11 is 5.93. The van der Waals surface area contributed by atoms with Gasteiger partial charge >= 0.3 is 0 Å². The van der Waals surface area contributed by atoms with Crippen molar-refractivity contribution in [2.75, 3.05) is 5.32 Å². The van der Waals surface area contributed by atoms with Crippen molar-refractivity contribution in [1.82, 2.24) is 4.98 Å². The Labute approximate surface area is 103 Å². The Morgan fingerprint density at radius 2 is 2.00 bits per heavy atom. The predicted octanol–water partition coefficient (Wildman–Crippen LogP) is 3.19. The average Bonchev–Trinajstić information content (AvgIpc) is 2.28. The summed E-state index contributed by atoms with van der Waals surface area (Å²) in [6, 6.07) is 9.33. The number of hydrogen-bond donors (Lipinski definition) is 2. The Balaban J connectivity index is 2.13. The van der Waals surface area contributed by atoms with Crippen molar-refractivity contribution in [2.45, 2.75) is 6.54 Å². The fourth-order valence-electron chi connectivity index (χ4n) is 1.41. The first kappa shape index (κ1) is 11.7. The molecule has 0 radical (unpaired) electrons. The van der Waals surface area contributed by atoms with Gasteiger partial charge in [-0.25, -0.2) is 4.98 Å². The minimum absolute atomic E-state index is 0.0985. The molecule has 0 spiro atoms. The molecule has 0 aliphatic heterocycles. The van der Waals surface area contributed by atoms with Crippen molar-refractivity contribution >= 4 is 17.4 Å². The normalized spacial score (nSPS) is 10.2. The van der Waals surface area contributed by atoms with E-state index in [1.54, 1.807) is 30.3 Å². The van der Waals surface area contributed by atoms with Gasteiger partial charge in [0.1, 0.15) is 11.6 Å². The van der Waals surface area contributed by atoms with Crippen LogP contribution in [0.3, 0.4) is 0 Å². The number of aromatic nitrogens is 1. The first-order valence-electron chi connectivity index (χ1n) is 4.99. The molecule has 3 nitrogen and oxygen atoms in total. The molecule has 0 amide bonds. The Bertz CT molecular complexity index is 513. The van der Waals surface area contributed by atoms with Crippen molar-refractivity contribution in [3.05, 3.63) is 52.9 Å². The van der Waals surface area contributed by atoms with Crippen LogP contribution in [-0.4, -0.2) is 10.1 Å². The number of pyridine rings is 1. The molecule has 1 aromatic carbocycles. The standard InChI is InChI=1S/C12H10ClFN2O/c13-9-3-1-4-10(17)8(9)7-15-12-6-2-5-11(14)16-12/h1-6,17H,7H2,(H,15,16). The lowest BCUT2D eigenvalue weighted by Crippen LogP contribution is -2.02. The van der Waals surface area contributed by atoms with E-state index in [1.807, 2.05) is 0 Å². The topological polar surface area (TPSA) is 45.1 Å². The number of phenols is 1. The summed E-state index contributed by atoms with van der Waals surface area (Å²) in [5, 5.41) is 12.9. The van der Waals surface area contributed by atoms with E-state index in [0.29, 0.717) is 16.4 Å². The molecule has 0 fully saturated rings. The van der Waals surface area contributed by atoms with Crippen molar-refractivity contribution < 1.29 is 9.50 Å². The van der Waals surface area contributed by atoms with E-state index in [2.05, 4.69) is 10.3 Å². The molecule has 0 saturated heterocycles. The highest BCUT2D eigenvalue weighted by molar-refractivity contribution is 6.31. The van der Waals surface area contributed by atoms with Crippen LogP contribution in [0, 0.1) is 5.95 Å². The first-order valence-corrected chi connectivity index (χ1v) is 5.37. The molecule has 0 aliphatic rings. The van der Waals surface area contributed by atoms with Gasteiger partial charge in [-0.2, -0.15) is 4.39 Å². The van der Waals surface area contributed by atoms with Crippen LogP contribution in [0.4, 0.5) is 10.2 Å². The summed E-state index contributed by atoms with van der Waals surface area (Å²) in [7, 11) is 0. The third-order valence-corrected chi connectivity index (χ3v) is 2.61. The van der Waals surface area contributed by atoms with Gasteiger partial charge in [-0.15, -0.1) is 0 Å². The quantitative estimate of drug-likeness (QED) is 0.825. The molecule has 0 aliphatic carbocycles. The summed E-state index contributed by atoms with van der Waals surface area (Å²) in [6.07, 6.45) is 0. The number of benzene rings is 1. The number of aromatic hydroxyl groups is 1. The minimum Gasteiger partial charge on any atom is -0.508 e. The number of rotatable bonds is 3. The fourth-order valence-corrected chi connectivity index (χ4v) is 1.64. The lowest BCUT2D eigenvalue weighted by atomic mass is 10.2. The molecule has 2 N–H and O–H groups in total. The molecule has 0 unspecified atom stereocenters. The lowest BCUT2D eigenvalue weighted by molar-refractivity contribution is 0.469. The molecule has 0 atom stereocenters. The molecule has 1 heterocycles. The van der Waals surface area contributed by atoms with Crippen molar-refractivity contribution in [3.8, 4) is 5.75 Å². The Morgan fingerprint density at radius 3 is 2.71 bits per heavy atom. The predicted molar refractivity (Wildman–Crippen MR) is 64.6 cm³/mol. The molecule has 1 aromatic heterocycles. The van der Waals surface area contributed by atoms with Crippen LogP contribution in [0.5, 0.6) is 5.75 Å². The molecule has 0 saturated carbocycles. The number of halogens is 2. The number of anilines is 1. The van der Waals surface area contributed by atoms with Crippen molar-refractivity contribution in [3.63, 3.8) is 0 Å². The Hall–Kier alpha value is -1.81. The van der Waals surface area contributed by atoms with Crippen LogP contribution in [0.2, 0.25) is 5.02 Å². The van der Waals surface area contributed by atoms with Crippen molar-refractivity contribution in [2.24, 2.45) is 0 Å². The van der Waals surface area contributed by atoms with E-state index in [0.717, 1.165) is 0 Å². The van der Waals surface area contributed by atoms with E-state index >= 15 is 0 Å². The van der Waals surface area contributed by atoms with Gasteiger partial charge < -0.3 is 10.4 Å². The van der Waals surface area contributed by atoms with Crippen LogP contribution < -0.4 is 5.32 Å². The van der Waals surface area contributed by atoms with E-state index in [1.165, 1.54) is 6.07 Å². The summed E-state index contributed by atoms with van der Waals surface area (Å²) in [4.78, 5) is 3.65. The summed E-state index contributed by atoms with van der Waals surface area (Å²) in [5.74, 6) is -0.0656. The van der Waals surface area contributed by atoms with Crippen LogP contribution in [0.25, 0.3) is 0 Å². The average molecular weight is 253 g/mol. The van der Waals surface area contributed by atoms with Gasteiger partial charge in [-0.3, -0.25) is 0 Å². The van der Waals surface area contributed by atoms with E-state index in [4.69, 9.17) is 11.6 Å². The van der Waals surface area contributed by atoms with Gasteiger partial charge in [0.15, 0.2) is 0 Å². The molecule has 17 heavy (non-hydrogen) atoms. The second-order valence-corrected chi connectivity index (χ2v) is 3.84. The third-order valence-electron chi connectivity index (χ3n) is 2.26. The molecule has 2 aromatic rings. The molecule has 5 heteroatoms. The van der Waals surface area contributed by atoms with Crippen LogP contribution in [-0.2, 0) is 6.54 Å². The number of phenolic OH excluding ortho intramolecular Hbond substituents is 1. The summed E-state index contributed by atoms with van der Waals surface area (Å²) in [6.45, 7) is 0.280. The SMILES string of the molecule is Oc1cccc(Cl)c1CNc1cccc(F)n1. The van der Waals surface area contributed by atoms with E-state index in [-0.39, 0.29) is 12.3 Å². The molecule has 0 bridgehead atoms. The maximum atomic E-state index is 12.8. The summed E-state index contributed by atoms with van der Waals surface area (Å²) in [5.41, 5.74) is 0.556. The Morgan fingerprint density at radius 1 is 1.24 bits per heavy atom. The minimum atomic E-state index is -0.557. The van der Waals surface area contributed by atoms with E-state index < -0.39 is 5.95 Å². The molecular formula is C12H10ClFN2O. The largest absolute Gasteiger partial charge is 0.508 e. The van der Waals surface area contributed by atoms with Crippen LogP contribution in [0.1, 0.15) is 5.56 Å². The van der Waals surface area contributed by atoms with E-state index in [9.17, 15) is 9.50 Å². The zero-order valence-electron chi connectivity index (χ0n) is 8.82. The highest BCUT2D eigenvalue weighted by atomic mass is 35.5. The van der Waals surface area contributed by atoms with Gasteiger partial charge in [-0.05, 0) is 24.3 Å². The van der Waals surface area contributed by atoms with Gasteiger partial charge in [0, 0.05) is 17.1 Å². The first-order chi connectivity index (χ1) is 8.16. The summed E-state index contributed by atoms with van der Waals surface area (Å²) < 4.78 is 12.8. The van der Waals surface area contributed by atoms with Crippen LogP contribution in [0.15, 0.2) is 36.4 Å². The smallest absolute Gasteiger partial charge is 0.214 e. The Kier molecular flexibility index (Phi) is 3.44. The third kappa shape index (κ3) is 2.85. The van der Waals surface area contributed by atoms with Crippen molar-refractivity contribution in [1.29, 1.82) is 0 Å². The number of nitrogens with zero attached hydrogens (tertiary/aromatic N) is 1. The van der Waals surface area contributed by atoms with Gasteiger partial charge in [-0.1, -0.05) is 23.7 Å². The number of hydrogen-bond acceptors (Lipinski definition) is 3. The highest BCUT2D eigenvalue weighted by Crippen LogP contribution is 2.25. The zero-order chi connectivity index (χ0) is 12.3. The van der Waals surface area contributed by atoms with Gasteiger partial charge in [0.25, 0.3) is 0 Å². The zero-order valence-corrected chi connectivity index (χ0v) is 9.58. The number of nitrogens with one attached hydrogen (secondary N) is 1. The highest BCUT2D eigenvalue weighted by Gasteiger charge is 2.06. The van der Waals surface area contributed by atoms with Crippen LogP contribution >= 0.6 is 11.6 Å². The molecular weight excluding hydrogens is 243 g/mol. The lowest BCUT2D eigenvalue weighted by Gasteiger charge is -2.08. The van der Waals surface area contributed by atoms with Gasteiger partial charge in [0.2, 0.25) is 5.95 Å². The fraction of sp³-hybridized carbons (Fsp3) is 0.0833. The second kappa shape index (κ2) is 5.01. The maximum Gasteiger partial charge on any atom is 0.214 e. The second-order valence-electron chi connectivity index (χ2n) is 3.44. The molecule has 2 rings (SSSR count).